The summed E-state index contributed by atoms with van der Waals surface area (Å²) in [6, 6.07) is 27.6. The molecule has 0 spiro atoms. The summed E-state index contributed by atoms with van der Waals surface area (Å²) in [6.07, 6.45) is 0.405. The van der Waals surface area contributed by atoms with Crippen molar-refractivity contribution in [2.45, 2.75) is 25.7 Å². The minimum atomic E-state index is -0.665. The second-order valence-corrected chi connectivity index (χ2v) is 9.47. The molecule has 4 aromatic rings. The van der Waals surface area contributed by atoms with Crippen molar-refractivity contribution >= 4 is 10.9 Å². The average Bonchev–Trinajstić information content (AvgIpc) is 3.13. The number of hydrogen-bond acceptors (Lipinski definition) is 5. The maximum absolute atomic E-state index is 12.1. The largest absolute Gasteiger partial charge is 0.487 e. The van der Waals surface area contributed by atoms with E-state index in [1.165, 1.54) is 11.6 Å². The van der Waals surface area contributed by atoms with Gasteiger partial charge in [-0.2, -0.15) is 0 Å². The normalized spacial score (nSPS) is 16.0. The zero-order valence-electron chi connectivity index (χ0n) is 20.5. The molecule has 0 aliphatic carbocycles. The highest BCUT2D eigenvalue weighted by molar-refractivity contribution is 5.87. The predicted molar refractivity (Wildman–Crippen MR) is 143 cm³/mol. The predicted octanol–water partition coefficient (Wildman–Crippen LogP) is 4.35. The van der Waals surface area contributed by atoms with Crippen LogP contribution in [0.4, 0.5) is 0 Å². The lowest BCUT2D eigenvalue weighted by Gasteiger charge is -2.25. The van der Waals surface area contributed by atoms with Gasteiger partial charge < -0.3 is 14.8 Å². The molecule has 36 heavy (non-hydrogen) atoms. The summed E-state index contributed by atoms with van der Waals surface area (Å²) in [5, 5.41) is 12.1. The highest BCUT2D eigenvalue weighted by Crippen LogP contribution is 2.31. The number of rotatable bonds is 8. The molecule has 1 fully saturated rings. The maximum atomic E-state index is 12.1. The van der Waals surface area contributed by atoms with Crippen LogP contribution in [0.2, 0.25) is 0 Å². The average molecular weight is 484 g/mol. The third-order valence-electron chi connectivity index (χ3n) is 6.85. The molecule has 3 aromatic carbocycles. The van der Waals surface area contributed by atoms with E-state index < -0.39 is 6.10 Å². The lowest BCUT2D eigenvalue weighted by molar-refractivity contribution is 0.115. The minimum Gasteiger partial charge on any atom is -0.487 e. The Kier molecular flexibility index (Phi) is 7.76. The fourth-order valence-electron chi connectivity index (χ4n) is 4.94. The van der Waals surface area contributed by atoms with Gasteiger partial charge >= 0.3 is 0 Å². The molecule has 0 radical (unpaired) electrons. The number of hydrogen-bond donors (Lipinski definition) is 2. The van der Waals surface area contributed by atoms with Crippen LogP contribution < -0.4 is 10.3 Å². The first-order valence-electron chi connectivity index (χ1n) is 12.6. The van der Waals surface area contributed by atoms with Crippen molar-refractivity contribution in [1.29, 1.82) is 0 Å². The summed E-state index contributed by atoms with van der Waals surface area (Å²) in [6.45, 7) is 5.81. The van der Waals surface area contributed by atoms with Gasteiger partial charge in [-0.05, 0) is 48.3 Å². The van der Waals surface area contributed by atoms with Gasteiger partial charge in [-0.1, -0.05) is 66.7 Å². The van der Waals surface area contributed by atoms with Crippen LogP contribution in [0, 0.1) is 0 Å². The van der Waals surface area contributed by atoms with Gasteiger partial charge in [0.15, 0.2) is 0 Å². The number of aliphatic hydroxyl groups is 1. The Morgan fingerprint density at radius 3 is 2.28 bits per heavy atom. The molecule has 2 N–H and O–H groups in total. The lowest BCUT2D eigenvalue weighted by atomic mass is 10.0. The molecule has 0 unspecified atom stereocenters. The smallest absolute Gasteiger partial charge is 0.248 e. The highest BCUT2D eigenvalue weighted by atomic mass is 16.5. The monoisotopic (exact) mass is 483 g/mol. The van der Waals surface area contributed by atoms with Gasteiger partial charge in [0.1, 0.15) is 12.4 Å². The summed E-state index contributed by atoms with van der Waals surface area (Å²) in [4.78, 5) is 19.9. The number of ether oxygens (including phenoxy) is 1. The van der Waals surface area contributed by atoms with E-state index in [1.807, 2.05) is 42.5 Å². The Hall–Kier alpha value is -3.45. The first kappa shape index (κ1) is 24.3. The zero-order valence-corrected chi connectivity index (χ0v) is 20.5. The van der Waals surface area contributed by atoms with E-state index in [1.54, 1.807) is 6.07 Å². The quantitative estimate of drug-likeness (QED) is 0.390. The van der Waals surface area contributed by atoms with Crippen LogP contribution in [0.15, 0.2) is 89.7 Å². The molecule has 0 bridgehead atoms. The molecular formula is C30H33N3O3. The highest BCUT2D eigenvalue weighted by Gasteiger charge is 2.21. The van der Waals surface area contributed by atoms with Gasteiger partial charge in [0.05, 0.1) is 11.6 Å². The molecule has 6 heteroatoms. The summed E-state index contributed by atoms with van der Waals surface area (Å²) in [7, 11) is 0. The Morgan fingerprint density at radius 1 is 0.806 bits per heavy atom. The third kappa shape index (κ3) is 6.02. The third-order valence-corrected chi connectivity index (χ3v) is 6.85. The Labute approximate surface area is 211 Å². The topological polar surface area (TPSA) is 68.8 Å². The summed E-state index contributed by atoms with van der Waals surface area (Å²) in [5.41, 5.74) is 3.62. The van der Waals surface area contributed by atoms with Gasteiger partial charge in [0.2, 0.25) is 5.56 Å². The number of H-pyrrole nitrogens is 1. The number of nitrogens with zero attached hydrogens (tertiary/aromatic N) is 2. The summed E-state index contributed by atoms with van der Waals surface area (Å²) < 4.78 is 6.05. The van der Waals surface area contributed by atoms with Crippen LogP contribution in [0.5, 0.6) is 5.75 Å². The van der Waals surface area contributed by atoms with E-state index in [2.05, 4.69) is 45.1 Å². The van der Waals surface area contributed by atoms with Crippen LogP contribution in [-0.4, -0.2) is 52.6 Å². The summed E-state index contributed by atoms with van der Waals surface area (Å²) >= 11 is 0. The van der Waals surface area contributed by atoms with Crippen LogP contribution in [0.3, 0.4) is 0 Å². The minimum absolute atomic E-state index is 0.190. The number of nitrogens with one attached hydrogen (secondary N) is 1. The van der Waals surface area contributed by atoms with Crippen molar-refractivity contribution in [3.8, 4) is 5.75 Å². The molecule has 1 aliphatic rings. The number of benzene rings is 3. The van der Waals surface area contributed by atoms with E-state index in [0.29, 0.717) is 24.4 Å². The molecule has 5 rings (SSSR count). The molecule has 1 aliphatic heterocycles. The van der Waals surface area contributed by atoms with Gasteiger partial charge in [0, 0.05) is 37.6 Å². The van der Waals surface area contributed by atoms with Crippen molar-refractivity contribution in [2.75, 3.05) is 32.7 Å². The maximum Gasteiger partial charge on any atom is 0.248 e. The fourth-order valence-corrected chi connectivity index (χ4v) is 4.94. The Bertz CT molecular complexity index is 1320. The lowest BCUT2D eigenvalue weighted by Crippen LogP contribution is -2.33. The van der Waals surface area contributed by atoms with E-state index in [4.69, 9.17) is 4.74 Å². The summed E-state index contributed by atoms with van der Waals surface area (Å²) in [5.74, 6) is 0.605. The number of aliphatic hydroxyl groups excluding tert-OH is 1. The molecule has 6 nitrogen and oxygen atoms in total. The number of fused-ring (bicyclic) bond motifs is 1. The van der Waals surface area contributed by atoms with Crippen LogP contribution >= 0.6 is 0 Å². The van der Waals surface area contributed by atoms with Gasteiger partial charge in [-0.15, -0.1) is 0 Å². The standard InChI is InChI=1S/C30H33N3O3/c34-27(21-33-17-7-16-32(18-19-33)20-23-8-3-1-4-9-23)25-12-14-28(30-26(25)13-15-29(35)31-30)36-22-24-10-5-2-6-11-24/h1-6,8-15,27,34H,7,16-22H2,(H,31,35)/t27-/m0/s1. The Balaban J connectivity index is 1.27. The van der Waals surface area contributed by atoms with Crippen molar-refractivity contribution in [1.82, 2.24) is 14.8 Å². The van der Waals surface area contributed by atoms with Gasteiger partial charge in [0.25, 0.3) is 0 Å². The van der Waals surface area contributed by atoms with Crippen molar-refractivity contribution in [3.05, 3.63) is 112 Å². The van der Waals surface area contributed by atoms with Gasteiger partial charge in [-0.25, -0.2) is 0 Å². The number of β-amino-alcohol motifs (C(OH)–C–C–N with tert-alkyl or cyclic N) is 1. The second-order valence-electron chi connectivity index (χ2n) is 9.47. The number of aromatic amines is 1. The van der Waals surface area contributed by atoms with Crippen LogP contribution in [0.1, 0.15) is 29.2 Å². The van der Waals surface area contributed by atoms with Crippen molar-refractivity contribution < 1.29 is 9.84 Å². The fraction of sp³-hybridized carbons (Fsp3) is 0.300. The van der Waals surface area contributed by atoms with Gasteiger partial charge in [-0.3, -0.25) is 14.6 Å². The Morgan fingerprint density at radius 2 is 1.50 bits per heavy atom. The van der Waals surface area contributed by atoms with E-state index in [9.17, 15) is 9.90 Å². The number of aromatic nitrogens is 1. The first-order valence-corrected chi connectivity index (χ1v) is 12.6. The first-order chi connectivity index (χ1) is 17.7. The van der Waals surface area contributed by atoms with E-state index in [0.717, 1.165) is 55.7 Å². The van der Waals surface area contributed by atoms with E-state index in [-0.39, 0.29) is 5.56 Å². The van der Waals surface area contributed by atoms with Crippen LogP contribution in [-0.2, 0) is 13.2 Å². The molecule has 1 atom stereocenters. The van der Waals surface area contributed by atoms with Crippen molar-refractivity contribution in [2.24, 2.45) is 0 Å². The van der Waals surface area contributed by atoms with E-state index >= 15 is 0 Å². The molecular weight excluding hydrogens is 450 g/mol. The van der Waals surface area contributed by atoms with Crippen molar-refractivity contribution in [3.63, 3.8) is 0 Å². The number of pyridine rings is 1. The molecule has 1 saturated heterocycles. The molecule has 186 valence electrons. The SMILES string of the molecule is O=c1ccc2c([C@@H](O)CN3CCCN(Cc4ccccc4)CC3)ccc(OCc3ccccc3)c2[nH]1. The second kappa shape index (κ2) is 11.5. The molecule has 2 heterocycles. The molecule has 0 saturated carbocycles. The molecule has 1 aromatic heterocycles. The molecule has 0 amide bonds. The van der Waals surface area contributed by atoms with Crippen LogP contribution in [0.25, 0.3) is 10.9 Å². The zero-order chi connectivity index (χ0) is 24.7.